The van der Waals surface area contributed by atoms with Gasteiger partial charge in [-0.2, -0.15) is 0 Å². The van der Waals surface area contributed by atoms with Crippen LogP contribution in [0.3, 0.4) is 0 Å². The maximum absolute atomic E-state index is 9.02. The minimum absolute atomic E-state index is 0.141. The first kappa shape index (κ1) is 11.0. The van der Waals surface area contributed by atoms with Gasteiger partial charge in [-0.05, 0) is 58.2 Å². The molecule has 0 aliphatic heterocycles. The van der Waals surface area contributed by atoms with Crippen molar-refractivity contribution in [2.75, 3.05) is 0 Å². The fraction of sp³-hybridized carbons (Fsp3) is 0.455. The number of hydrogen-bond donors (Lipinski definition) is 1. The summed E-state index contributed by atoms with van der Waals surface area (Å²) in [4.78, 5) is 0. The second-order valence-electron chi connectivity index (χ2n) is 3.72. The van der Waals surface area contributed by atoms with E-state index >= 15 is 0 Å². The Morgan fingerprint density at radius 1 is 1.23 bits per heavy atom. The average molecular weight is 290 g/mol. The lowest BCUT2D eigenvalue weighted by molar-refractivity contribution is 0.281. The van der Waals surface area contributed by atoms with Gasteiger partial charge >= 0.3 is 0 Å². The summed E-state index contributed by atoms with van der Waals surface area (Å²) in [6.45, 7) is 4.55. The quantitative estimate of drug-likeness (QED) is 0.849. The molecule has 1 rings (SSSR count). The Labute approximate surface area is 93.3 Å². The molecule has 0 aliphatic carbocycles. The highest BCUT2D eigenvalue weighted by atomic mass is 127. The number of rotatable bonds is 3. The van der Waals surface area contributed by atoms with Crippen molar-refractivity contribution in [3.8, 4) is 0 Å². The van der Waals surface area contributed by atoms with Crippen LogP contribution in [0, 0.1) is 9.49 Å². The van der Waals surface area contributed by atoms with E-state index in [1.54, 1.807) is 0 Å². The van der Waals surface area contributed by atoms with Gasteiger partial charge in [0.1, 0.15) is 0 Å². The molecular formula is C11H15IO. The van der Waals surface area contributed by atoms with E-state index in [0.29, 0.717) is 5.92 Å². The highest BCUT2D eigenvalue weighted by Gasteiger charge is 2.01. The van der Waals surface area contributed by atoms with Crippen molar-refractivity contribution in [3.05, 3.63) is 32.9 Å². The highest BCUT2D eigenvalue weighted by molar-refractivity contribution is 14.1. The Kier molecular flexibility index (Phi) is 4.19. The van der Waals surface area contributed by atoms with Gasteiger partial charge < -0.3 is 5.11 Å². The van der Waals surface area contributed by atoms with Crippen LogP contribution in [0.1, 0.15) is 25.0 Å². The lowest BCUT2D eigenvalue weighted by Gasteiger charge is -2.07. The first-order valence-corrected chi connectivity index (χ1v) is 5.59. The first-order chi connectivity index (χ1) is 6.11. The van der Waals surface area contributed by atoms with Crippen LogP contribution in [0.5, 0.6) is 0 Å². The second kappa shape index (κ2) is 4.96. The molecule has 13 heavy (non-hydrogen) atoms. The summed E-state index contributed by atoms with van der Waals surface area (Å²) in [7, 11) is 0. The van der Waals surface area contributed by atoms with E-state index < -0.39 is 0 Å². The zero-order valence-electron chi connectivity index (χ0n) is 8.05. The van der Waals surface area contributed by atoms with E-state index in [-0.39, 0.29) is 6.61 Å². The molecule has 1 aromatic carbocycles. The largest absolute Gasteiger partial charge is 0.392 e. The molecule has 0 fully saturated rings. The van der Waals surface area contributed by atoms with Crippen molar-refractivity contribution >= 4 is 22.6 Å². The number of hydrogen-bond acceptors (Lipinski definition) is 1. The normalized spacial score (nSPS) is 10.8. The molecule has 0 radical (unpaired) electrons. The van der Waals surface area contributed by atoms with Crippen molar-refractivity contribution in [2.45, 2.75) is 26.9 Å². The van der Waals surface area contributed by atoms with Crippen molar-refractivity contribution < 1.29 is 5.11 Å². The molecule has 0 aromatic heterocycles. The van der Waals surface area contributed by atoms with Crippen LogP contribution in [0.25, 0.3) is 0 Å². The van der Waals surface area contributed by atoms with Crippen LogP contribution in [0.15, 0.2) is 18.2 Å². The standard InChI is InChI=1S/C11H15IO/c1-8(2)3-9-4-10(7-13)6-11(12)5-9/h4-6,8,13H,3,7H2,1-2H3. The van der Waals surface area contributed by atoms with E-state index in [9.17, 15) is 0 Å². The van der Waals surface area contributed by atoms with Crippen LogP contribution in [-0.4, -0.2) is 5.11 Å². The lowest BCUT2D eigenvalue weighted by Crippen LogP contribution is -1.96. The van der Waals surface area contributed by atoms with Crippen LogP contribution >= 0.6 is 22.6 Å². The molecule has 0 aliphatic rings. The van der Waals surface area contributed by atoms with E-state index in [0.717, 1.165) is 12.0 Å². The van der Waals surface area contributed by atoms with E-state index in [4.69, 9.17) is 5.11 Å². The van der Waals surface area contributed by atoms with Gasteiger partial charge in [0.2, 0.25) is 0 Å². The lowest BCUT2D eigenvalue weighted by atomic mass is 10.0. The number of halogens is 1. The van der Waals surface area contributed by atoms with Gasteiger partial charge in [-0.3, -0.25) is 0 Å². The minimum Gasteiger partial charge on any atom is -0.392 e. The predicted molar refractivity (Wildman–Crippen MR) is 63.6 cm³/mol. The zero-order valence-corrected chi connectivity index (χ0v) is 10.2. The first-order valence-electron chi connectivity index (χ1n) is 4.51. The number of benzene rings is 1. The van der Waals surface area contributed by atoms with E-state index in [1.165, 1.54) is 9.13 Å². The summed E-state index contributed by atoms with van der Waals surface area (Å²) in [6.07, 6.45) is 1.09. The molecular weight excluding hydrogens is 275 g/mol. The zero-order chi connectivity index (χ0) is 9.84. The number of aliphatic hydroxyl groups is 1. The van der Waals surface area contributed by atoms with Crippen LogP contribution in [0.4, 0.5) is 0 Å². The Morgan fingerprint density at radius 2 is 1.85 bits per heavy atom. The van der Waals surface area contributed by atoms with Gasteiger partial charge in [0.15, 0.2) is 0 Å². The summed E-state index contributed by atoms with van der Waals surface area (Å²) < 4.78 is 1.21. The highest BCUT2D eigenvalue weighted by Crippen LogP contribution is 2.15. The van der Waals surface area contributed by atoms with Crippen molar-refractivity contribution in [3.63, 3.8) is 0 Å². The Hall–Kier alpha value is -0.0900. The van der Waals surface area contributed by atoms with Crippen LogP contribution in [-0.2, 0) is 13.0 Å². The maximum atomic E-state index is 9.02. The molecule has 0 saturated heterocycles. The monoisotopic (exact) mass is 290 g/mol. The summed E-state index contributed by atoms with van der Waals surface area (Å²) >= 11 is 2.29. The molecule has 2 heteroatoms. The van der Waals surface area contributed by atoms with E-state index in [2.05, 4.69) is 48.6 Å². The third-order valence-electron chi connectivity index (χ3n) is 1.84. The van der Waals surface area contributed by atoms with Gasteiger partial charge in [-0.1, -0.05) is 19.9 Å². The molecule has 0 spiro atoms. The molecule has 0 atom stereocenters. The molecule has 1 N–H and O–H groups in total. The van der Waals surface area contributed by atoms with Gasteiger partial charge in [0.25, 0.3) is 0 Å². The van der Waals surface area contributed by atoms with Crippen molar-refractivity contribution in [1.29, 1.82) is 0 Å². The molecule has 1 nitrogen and oxygen atoms in total. The smallest absolute Gasteiger partial charge is 0.0682 e. The van der Waals surface area contributed by atoms with Crippen LogP contribution < -0.4 is 0 Å². The third-order valence-corrected chi connectivity index (χ3v) is 2.47. The van der Waals surface area contributed by atoms with E-state index in [1.807, 2.05) is 6.07 Å². The molecule has 1 aromatic rings. The fourth-order valence-corrected chi connectivity index (χ4v) is 2.20. The average Bonchev–Trinajstić information content (AvgIpc) is 2.01. The van der Waals surface area contributed by atoms with Crippen molar-refractivity contribution in [1.82, 2.24) is 0 Å². The SMILES string of the molecule is CC(C)Cc1cc(I)cc(CO)c1. The molecule has 0 amide bonds. The third kappa shape index (κ3) is 3.65. The fourth-order valence-electron chi connectivity index (χ4n) is 1.40. The van der Waals surface area contributed by atoms with Gasteiger partial charge in [-0.25, -0.2) is 0 Å². The topological polar surface area (TPSA) is 20.2 Å². The minimum atomic E-state index is 0.141. The summed E-state index contributed by atoms with van der Waals surface area (Å²) in [5.41, 5.74) is 2.34. The van der Waals surface area contributed by atoms with Crippen LogP contribution in [0.2, 0.25) is 0 Å². The number of aliphatic hydroxyl groups excluding tert-OH is 1. The molecule has 0 saturated carbocycles. The summed E-state index contributed by atoms with van der Waals surface area (Å²) in [5, 5.41) is 9.02. The van der Waals surface area contributed by atoms with Gasteiger partial charge in [0.05, 0.1) is 6.61 Å². The molecule has 0 unspecified atom stereocenters. The summed E-state index contributed by atoms with van der Waals surface area (Å²) in [6, 6.07) is 6.28. The Morgan fingerprint density at radius 3 is 2.38 bits per heavy atom. The van der Waals surface area contributed by atoms with Gasteiger partial charge in [0, 0.05) is 3.57 Å². The van der Waals surface area contributed by atoms with Gasteiger partial charge in [-0.15, -0.1) is 0 Å². The Bertz CT molecular complexity index is 281. The van der Waals surface area contributed by atoms with Crippen molar-refractivity contribution in [2.24, 2.45) is 5.92 Å². The molecule has 0 heterocycles. The summed E-state index contributed by atoms with van der Waals surface area (Å²) in [5.74, 6) is 0.671. The second-order valence-corrected chi connectivity index (χ2v) is 4.97. The predicted octanol–water partition coefficient (Wildman–Crippen LogP) is 2.98. The molecule has 0 bridgehead atoms. The maximum Gasteiger partial charge on any atom is 0.0682 e. The molecule has 72 valence electrons. The Balaban J connectivity index is 2.88.